The van der Waals surface area contributed by atoms with Crippen molar-refractivity contribution in [3.63, 3.8) is 0 Å². The first kappa shape index (κ1) is 12.5. The van der Waals surface area contributed by atoms with Crippen LogP contribution in [0.25, 0.3) is 0 Å². The number of carbonyl (C=O) groups is 2. The van der Waals surface area contributed by atoms with E-state index in [0.29, 0.717) is 5.92 Å². The number of Topliss-reactive ketones (excluding diaryl/α,β-unsaturated/α-hetero) is 2. The SMILES string of the molecule is CC(C)C1=C[C@@]2(C)C(CCC[C@@H]2C)C(=O)C1=O. The molecule has 0 radical (unpaired) electrons. The Morgan fingerprint density at radius 2 is 1.94 bits per heavy atom. The van der Waals surface area contributed by atoms with Gasteiger partial charge < -0.3 is 0 Å². The molecule has 0 amide bonds. The smallest absolute Gasteiger partial charge is 0.224 e. The van der Waals surface area contributed by atoms with E-state index in [9.17, 15) is 9.59 Å². The van der Waals surface area contributed by atoms with Gasteiger partial charge in [-0.3, -0.25) is 9.59 Å². The van der Waals surface area contributed by atoms with E-state index in [1.807, 2.05) is 13.8 Å². The molecule has 0 bridgehead atoms. The average molecular weight is 234 g/mol. The standard InChI is InChI=1S/C15H22O2/c1-9(2)11-8-15(4)10(3)6-5-7-12(15)14(17)13(11)16/h8-10,12H,5-7H2,1-4H3/t10-,12?,15+/m0/s1. The zero-order valence-corrected chi connectivity index (χ0v) is 11.2. The monoisotopic (exact) mass is 234 g/mol. The van der Waals surface area contributed by atoms with Gasteiger partial charge in [0.1, 0.15) is 0 Å². The van der Waals surface area contributed by atoms with Crippen LogP contribution in [0.5, 0.6) is 0 Å². The average Bonchev–Trinajstić information content (AvgIpc) is 2.26. The lowest BCUT2D eigenvalue weighted by atomic mass is 9.56. The summed E-state index contributed by atoms with van der Waals surface area (Å²) in [5, 5.41) is 0. The summed E-state index contributed by atoms with van der Waals surface area (Å²) in [4.78, 5) is 24.3. The molecular formula is C15H22O2. The summed E-state index contributed by atoms with van der Waals surface area (Å²) in [6.07, 6.45) is 5.24. The topological polar surface area (TPSA) is 34.1 Å². The molecule has 3 atom stereocenters. The highest BCUT2D eigenvalue weighted by Crippen LogP contribution is 2.50. The molecular weight excluding hydrogens is 212 g/mol. The van der Waals surface area contributed by atoms with Crippen LogP contribution in [-0.2, 0) is 9.59 Å². The normalized spacial score (nSPS) is 38.1. The van der Waals surface area contributed by atoms with E-state index in [0.717, 1.165) is 24.8 Å². The minimum absolute atomic E-state index is 0.0683. The van der Waals surface area contributed by atoms with Crippen LogP contribution in [0, 0.1) is 23.2 Å². The zero-order valence-electron chi connectivity index (χ0n) is 11.2. The third-order valence-electron chi connectivity index (χ3n) is 4.83. The van der Waals surface area contributed by atoms with Crippen molar-refractivity contribution < 1.29 is 9.59 Å². The molecule has 0 aromatic rings. The zero-order chi connectivity index (χ0) is 12.8. The van der Waals surface area contributed by atoms with Crippen LogP contribution in [0.2, 0.25) is 0 Å². The van der Waals surface area contributed by atoms with E-state index < -0.39 is 0 Å². The van der Waals surface area contributed by atoms with Gasteiger partial charge in [0, 0.05) is 11.5 Å². The molecule has 0 spiro atoms. The largest absolute Gasteiger partial charge is 0.290 e. The van der Waals surface area contributed by atoms with E-state index in [1.165, 1.54) is 0 Å². The van der Waals surface area contributed by atoms with Gasteiger partial charge in [-0.25, -0.2) is 0 Å². The molecule has 0 N–H and O–H groups in total. The van der Waals surface area contributed by atoms with Crippen molar-refractivity contribution in [2.75, 3.05) is 0 Å². The second kappa shape index (κ2) is 4.08. The fourth-order valence-corrected chi connectivity index (χ4v) is 3.38. The minimum atomic E-state index is -0.225. The molecule has 1 fully saturated rings. The Hall–Kier alpha value is -0.920. The Morgan fingerprint density at radius 3 is 2.53 bits per heavy atom. The van der Waals surface area contributed by atoms with Gasteiger partial charge in [0.15, 0.2) is 0 Å². The highest BCUT2D eigenvalue weighted by Gasteiger charge is 2.49. The Bertz CT molecular complexity index is 392. The van der Waals surface area contributed by atoms with Crippen molar-refractivity contribution in [3.05, 3.63) is 11.6 Å². The summed E-state index contributed by atoms with van der Waals surface area (Å²) < 4.78 is 0. The van der Waals surface area contributed by atoms with Crippen molar-refractivity contribution >= 4 is 11.6 Å². The first-order valence-corrected chi connectivity index (χ1v) is 6.69. The van der Waals surface area contributed by atoms with E-state index in [-0.39, 0.29) is 28.8 Å². The number of allylic oxidation sites excluding steroid dienone is 2. The number of fused-ring (bicyclic) bond motifs is 1. The van der Waals surface area contributed by atoms with Crippen molar-refractivity contribution in [3.8, 4) is 0 Å². The summed E-state index contributed by atoms with van der Waals surface area (Å²) in [7, 11) is 0. The number of hydrogen-bond acceptors (Lipinski definition) is 2. The summed E-state index contributed by atoms with van der Waals surface area (Å²) >= 11 is 0. The van der Waals surface area contributed by atoms with Gasteiger partial charge in [-0.05, 0) is 30.1 Å². The molecule has 17 heavy (non-hydrogen) atoms. The number of rotatable bonds is 1. The molecule has 94 valence electrons. The summed E-state index contributed by atoms with van der Waals surface area (Å²) in [6, 6.07) is 0. The minimum Gasteiger partial charge on any atom is -0.290 e. The number of carbonyl (C=O) groups excluding carboxylic acids is 2. The molecule has 0 saturated heterocycles. The van der Waals surface area contributed by atoms with Gasteiger partial charge in [0.25, 0.3) is 0 Å². The maximum atomic E-state index is 12.2. The fraction of sp³-hybridized carbons (Fsp3) is 0.733. The molecule has 2 aliphatic rings. The second-order valence-corrected chi connectivity index (χ2v) is 6.20. The van der Waals surface area contributed by atoms with Gasteiger partial charge in [-0.1, -0.05) is 40.2 Å². The van der Waals surface area contributed by atoms with Crippen molar-refractivity contribution in [2.45, 2.75) is 47.0 Å². The van der Waals surface area contributed by atoms with Crippen LogP contribution >= 0.6 is 0 Å². The third kappa shape index (κ3) is 1.78. The van der Waals surface area contributed by atoms with Crippen LogP contribution in [0.15, 0.2) is 11.6 Å². The van der Waals surface area contributed by atoms with Gasteiger partial charge in [0.05, 0.1) is 0 Å². The highest BCUT2D eigenvalue weighted by molar-refractivity contribution is 6.45. The Balaban J connectivity index is 2.50. The second-order valence-electron chi connectivity index (χ2n) is 6.20. The van der Waals surface area contributed by atoms with Crippen LogP contribution in [-0.4, -0.2) is 11.6 Å². The molecule has 1 saturated carbocycles. The predicted molar refractivity (Wildman–Crippen MR) is 67.5 cm³/mol. The first-order valence-electron chi connectivity index (χ1n) is 6.69. The van der Waals surface area contributed by atoms with Gasteiger partial charge in [-0.15, -0.1) is 0 Å². The predicted octanol–water partition coefficient (Wildman–Crippen LogP) is 3.16. The highest BCUT2D eigenvalue weighted by atomic mass is 16.2. The summed E-state index contributed by atoms with van der Waals surface area (Å²) in [5.41, 5.74) is 0.644. The summed E-state index contributed by atoms with van der Waals surface area (Å²) in [5.74, 6) is 0.216. The third-order valence-corrected chi connectivity index (χ3v) is 4.83. The van der Waals surface area contributed by atoms with Gasteiger partial charge >= 0.3 is 0 Å². The lowest BCUT2D eigenvalue weighted by molar-refractivity contribution is -0.142. The molecule has 2 rings (SSSR count). The van der Waals surface area contributed by atoms with E-state index in [1.54, 1.807) is 0 Å². The first-order chi connectivity index (χ1) is 7.88. The molecule has 2 heteroatoms. The fourth-order valence-electron chi connectivity index (χ4n) is 3.38. The van der Waals surface area contributed by atoms with Crippen molar-refractivity contribution in [1.82, 2.24) is 0 Å². The summed E-state index contributed by atoms with van der Waals surface area (Å²) in [6.45, 7) is 8.36. The maximum Gasteiger partial charge on any atom is 0.224 e. The molecule has 2 nitrogen and oxygen atoms in total. The molecule has 0 heterocycles. The van der Waals surface area contributed by atoms with Gasteiger partial charge in [0.2, 0.25) is 11.6 Å². The van der Waals surface area contributed by atoms with E-state index >= 15 is 0 Å². The van der Waals surface area contributed by atoms with Crippen LogP contribution in [0.1, 0.15) is 47.0 Å². The lowest BCUT2D eigenvalue weighted by Crippen LogP contribution is -2.47. The van der Waals surface area contributed by atoms with Crippen LogP contribution in [0.4, 0.5) is 0 Å². The quantitative estimate of drug-likeness (QED) is 0.653. The van der Waals surface area contributed by atoms with E-state index in [4.69, 9.17) is 0 Å². The molecule has 0 aliphatic heterocycles. The number of hydrogen-bond donors (Lipinski definition) is 0. The van der Waals surface area contributed by atoms with Crippen molar-refractivity contribution in [2.24, 2.45) is 23.2 Å². The Kier molecular flexibility index (Phi) is 3.01. The van der Waals surface area contributed by atoms with Crippen molar-refractivity contribution in [1.29, 1.82) is 0 Å². The maximum absolute atomic E-state index is 12.2. The van der Waals surface area contributed by atoms with Crippen LogP contribution in [0.3, 0.4) is 0 Å². The Morgan fingerprint density at radius 1 is 1.29 bits per heavy atom. The molecule has 0 aromatic heterocycles. The molecule has 1 unspecified atom stereocenters. The lowest BCUT2D eigenvalue weighted by Gasteiger charge is -2.46. The van der Waals surface area contributed by atoms with Crippen LogP contribution < -0.4 is 0 Å². The molecule has 0 aromatic carbocycles. The van der Waals surface area contributed by atoms with Gasteiger partial charge in [-0.2, -0.15) is 0 Å². The Labute approximate surface area is 103 Å². The number of ketones is 2. The molecule has 2 aliphatic carbocycles. The van der Waals surface area contributed by atoms with E-state index in [2.05, 4.69) is 19.9 Å².